The third kappa shape index (κ3) is 2.19. The van der Waals surface area contributed by atoms with Crippen LogP contribution in [0, 0.1) is 0 Å². The molecule has 0 atom stereocenters. The molecule has 0 amide bonds. The summed E-state index contributed by atoms with van der Waals surface area (Å²) in [5.41, 5.74) is 1.89. The van der Waals surface area contributed by atoms with Crippen LogP contribution in [0.1, 0.15) is 17.4 Å². The summed E-state index contributed by atoms with van der Waals surface area (Å²) in [4.78, 5) is 11.3. The Morgan fingerprint density at radius 1 is 1.29 bits per heavy atom. The number of hydrogen-bond acceptors (Lipinski definition) is 1. The lowest BCUT2D eigenvalue weighted by Crippen LogP contribution is -2.07. The van der Waals surface area contributed by atoms with Crippen LogP contribution in [0.25, 0.3) is 11.1 Å². The first-order valence-corrected chi connectivity index (χ1v) is 5.69. The largest absolute Gasteiger partial charge is 0.477 e. The van der Waals surface area contributed by atoms with Crippen molar-refractivity contribution in [3.8, 4) is 11.1 Å². The Bertz CT molecular complexity index is 543. The number of carboxylic acid groups (broad SMARTS) is 1. The van der Waals surface area contributed by atoms with Gasteiger partial charge in [-0.1, -0.05) is 23.7 Å². The molecule has 0 saturated carbocycles. The van der Waals surface area contributed by atoms with Crippen LogP contribution in [0.5, 0.6) is 0 Å². The molecule has 0 aliphatic carbocycles. The van der Waals surface area contributed by atoms with E-state index < -0.39 is 5.97 Å². The molecule has 0 bridgehead atoms. The molecule has 1 aromatic heterocycles. The SMILES string of the molecule is CCn1ccc(-c2ccc(Cl)cc2)c1C(=O)O. The normalized spacial score (nSPS) is 10.5. The quantitative estimate of drug-likeness (QED) is 0.904. The van der Waals surface area contributed by atoms with Gasteiger partial charge in [-0.15, -0.1) is 0 Å². The maximum atomic E-state index is 11.3. The molecule has 1 heterocycles. The molecule has 1 N–H and O–H groups in total. The van der Waals surface area contributed by atoms with Gasteiger partial charge in [-0.05, 0) is 30.7 Å². The van der Waals surface area contributed by atoms with Crippen LogP contribution in [-0.4, -0.2) is 15.6 Å². The molecular formula is C13H12ClNO2. The minimum atomic E-state index is -0.915. The van der Waals surface area contributed by atoms with Crippen molar-refractivity contribution < 1.29 is 9.90 Å². The number of aryl methyl sites for hydroxylation is 1. The van der Waals surface area contributed by atoms with Gasteiger partial charge in [0.05, 0.1) is 0 Å². The third-order valence-electron chi connectivity index (χ3n) is 2.66. The molecule has 0 aliphatic heterocycles. The van der Waals surface area contributed by atoms with Crippen molar-refractivity contribution in [2.75, 3.05) is 0 Å². The Labute approximate surface area is 104 Å². The summed E-state index contributed by atoms with van der Waals surface area (Å²) < 4.78 is 1.71. The smallest absolute Gasteiger partial charge is 0.353 e. The topological polar surface area (TPSA) is 42.2 Å². The van der Waals surface area contributed by atoms with Crippen molar-refractivity contribution in [3.05, 3.63) is 47.2 Å². The maximum absolute atomic E-state index is 11.3. The number of carbonyl (C=O) groups is 1. The molecule has 1 aromatic carbocycles. The van der Waals surface area contributed by atoms with Gasteiger partial charge in [0.2, 0.25) is 0 Å². The highest BCUT2D eigenvalue weighted by Crippen LogP contribution is 2.26. The number of aromatic nitrogens is 1. The Balaban J connectivity index is 2.55. The maximum Gasteiger partial charge on any atom is 0.353 e. The summed E-state index contributed by atoms with van der Waals surface area (Å²) in [5.74, 6) is -0.915. The molecule has 0 aliphatic rings. The minimum Gasteiger partial charge on any atom is -0.477 e. The number of hydrogen-bond donors (Lipinski definition) is 1. The van der Waals surface area contributed by atoms with Crippen LogP contribution in [0.2, 0.25) is 5.02 Å². The number of aromatic carboxylic acids is 1. The Morgan fingerprint density at radius 3 is 2.47 bits per heavy atom. The zero-order chi connectivity index (χ0) is 12.4. The van der Waals surface area contributed by atoms with E-state index in [2.05, 4.69) is 0 Å². The summed E-state index contributed by atoms with van der Waals surface area (Å²) in [6, 6.07) is 8.97. The Hall–Kier alpha value is -1.74. The van der Waals surface area contributed by atoms with Crippen LogP contribution in [0.15, 0.2) is 36.5 Å². The first-order chi connectivity index (χ1) is 8.13. The molecule has 2 aromatic rings. The second kappa shape index (κ2) is 4.63. The molecule has 0 fully saturated rings. The predicted molar refractivity (Wildman–Crippen MR) is 67.5 cm³/mol. The van der Waals surface area contributed by atoms with Gasteiger partial charge >= 0.3 is 5.97 Å². The van der Waals surface area contributed by atoms with Gasteiger partial charge in [0.25, 0.3) is 0 Å². The highest BCUT2D eigenvalue weighted by Gasteiger charge is 2.16. The predicted octanol–water partition coefficient (Wildman–Crippen LogP) is 3.53. The highest BCUT2D eigenvalue weighted by atomic mass is 35.5. The zero-order valence-electron chi connectivity index (χ0n) is 9.35. The van der Waals surface area contributed by atoms with E-state index in [9.17, 15) is 9.90 Å². The molecule has 3 nitrogen and oxygen atoms in total. The second-order valence-corrected chi connectivity index (χ2v) is 4.11. The summed E-state index contributed by atoms with van der Waals surface area (Å²) in [7, 11) is 0. The average molecular weight is 250 g/mol. The van der Waals surface area contributed by atoms with Crippen molar-refractivity contribution in [2.45, 2.75) is 13.5 Å². The monoisotopic (exact) mass is 249 g/mol. The summed E-state index contributed by atoms with van der Waals surface area (Å²) >= 11 is 5.81. The van der Waals surface area contributed by atoms with Crippen LogP contribution in [-0.2, 0) is 6.54 Å². The standard InChI is InChI=1S/C13H12ClNO2/c1-2-15-8-7-11(12(15)13(16)17)9-3-5-10(14)6-4-9/h3-8H,2H2,1H3,(H,16,17). The fourth-order valence-corrected chi connectivity index (χ4v) is 1.96. The lowest BCUT2D eigenvalue weighted by molar-refractivity contribution is 0.0686. The number of benzene rings is 1. The van der Waals surface area contributed by atoms with E-state index in [1.807, 2.05) is 25.1 Å². The fourth-order valence-electron chi connectivity index (χ4n) is 1.84. The van der Waals surface area contributed by atoms with Crippen LogP contribution >= 0.6 is 11.6 Å². The van der Waals surface area contributed by atoms with Crippen molar-refractivity contribution in [1.82, 2.24) is 4.57 Å². The molecule has 0 radical (unpaired) electrons. The Morgan fingerprint density at radius 2 is 1.94 bits per heavy atom. The molecule has 0 saturated heterocycles. The lowest BCUT2D eigenvalue weighted by Gasteiger charge is -2.05. The van der Waals surface area contributed by atoms with Gasteiger partial charge in [-0.25, -0.2) is 4.79 Å². The number of carboxylic acids is 1. The van der Waals surface area contributed by atoms with E-state index in [1.54, 1.807) is 22.9 Å². The van der Waals surface area contributed by atoms with Gasteiger partial charge < -0.3 is 9.67 Å². The number of nitrogens with zero attached hydrogens (tertiary/aromatic N) is 1. The van der Waals surface area contributed by atoms with Gasteiger partial charge in [-0.2, -0.15) is 0 Å². The van der Waals surface area contributed by atoms with E-state index >= 15 is 0 Å². The highest BCUT2D eigenvalue weighted by molar-refractivity contribution is 6.30. The van der Waals surface area contributed by atoms with E-state index in [4.69, 9.17) is 11.6 Å². The molecule has 2 rings (SSSR count). The van der Waals surface area contributed by atoms with Crippen LogP contribution in [0.4, 0.5) is 0 Å². The molecular weight excluding hydrogens is 238 g/mol. The van der Waals surface area contributed by atoms with Crippen LogP contribution < -0.4 is 0 Å². The van der Waals surface area contributed by atoms with E-state index in [-0.39, 0.29) is 0 Å². The van der Waals surface area contributed by atoms with E-state index in [1.165, 1.54) is 0 Å². The van der Waals surface area contributed by atoms with E-state index in [0.717, 1.165) is 11.1 Å². The molecule has 0 unspecified atom stereocenters. The first kappa shape index (κ1) is 11.7. The van der Waals surface area contributed by atoms with Gasteiger partial charge in [0.15, 0.2) is 0 Å². The molecule has 88 valence electrons. The minimum absolute atomic E-state index is 0.315. The number of rotatable bonds is 3. The Kier molecular flexibility index (Phi) is 3.20. The first-order valence-electron chi connectivity index (χ1n) is 5.32. The average Bonchev–Trinajstić information content (AvgIpc) is 2.73. The van der Waals surface area contributed by atoms with Crippen molar-refractivity contribution in [2.24, 2.45) is 0 Å². The van der Waals surface area contributed by atoms with Crippen LogP contribution in [0.3, 0.4) is 0 Å². The second-order valence-electron chi connectivity index (χ2n) is 3.68. The summed E-state index contributed by atoms with van der Waals surface area (Å²) in [6.07, 6.45) is 1.79. The summed E-state index contributed by atoms with van der Waals surface area (Å²) in [5, 5.41) is 9.87. The van der Waals surface area contributed by atoms with Crippen molar-refractivity contribution in [3.63, 3.8) is 0 Å². The van der Waals surface area contributed by atoms with Gasteiger partial charge in [0, 0.05) is 23.3 Å². The molecule has 17 heavy (non-hydrogen) atoms. The number of halogens is 1. The van der Waals surface area contributed by atoms with Gasteiger partial charge in [0.1, 0.15) is 5.69 Å². The van der Waals surface area contributed by atoms with Gasteiger partial charge in [-0.3, -0.25) is 0 Å². The summed E-state index contributed by atoms with van der Waals surface area (Å²) in [6.45, 7) is 2.55. The zero-order valence-corrected chi connectivity index (χ0v) is 10.1. The lowest BCUT2D eigenvalue weighted by atomic mass is 10.1. The fraction of sp³-hybridized carbons (Fsp3) is 0.154. The van der Waals surface area contributed by atoms with Crippen molar-refractivity contribution >= 4 is 17.6 Å². The van der Waals surface area contributed by atoms with E-state index in [0.29, 0.717) is 17.3 Å². The van der Waals surface area contributed by atoms with Crippen molar-refractivity contribution in [1.29, 1.82) is 0 Å². The third-order valence-corrected chi connectivity index (χ3v) is 2.91. The molecule has 4 heteroatoms. The molecule has 0 spiro atoms.